The van der Waals surface area contributed by atoms with Gasteiger partial charge < -0.3 is 14.8 Å². The van der Waals surface area contributed by atoms with Crippen LogP contribution in [0.3, 0.4) is 0 Å². The first kappa shape index (κ1) is 23.1. The average Bonchev–Trinajstić information content (AvgIpc) is 2.83. The number of rotatable bonds is 6. The van der Waals surface area contributed by atoms with E-state index in [0.29, 0.717) is 30.2 Å². The molecule has 33 heavy (non-hydrogen) atoms. The van der Waals surface area contributed by atoms with Crippen molar-refractivity contribution < 1.29 is 22.7 Å². The van der Waals surface area contributed by atoms with Gasteiger partial charge in [-0.25, -0.2) is 8.42 Å². The Labute approximate surface area is 197 Å². The monoisotopic (exact) mass is 486 g/mol. The van der Waals surface area contributed by atoms with Crippen LogP contribution in [0.1, 0.15) is 21.5 Å². The van der Waals surface area contributed by atoms with E-state index in [1.807, 2.05) is 24.3 Å². The van der Waals surface area contributed by atoms with Crippen molar-refractivity contribution in [1.29, 1.82) is 0 Å². The van der Waals surface area contributed by atoms with Gasteiger partial charge in [-0.3, -0.25) is 4.79 Å². The number of methoxy groups -OCH3 is 2. The van der Waals surface area contributed by atoms with Gasteiger partial charge in [0.2, 0.25) is 10.0 Å². The molecule has 0 atom stereocenters. The summed E-state index contributed by atoms with van der Waals surface area (Å²) in [6, 6.07) is 16.9. The third-order valence-corrected chi connectivity index (χ3v) is 7.73. The number of amides is 1. The molecule has 0 saturated heterocycles. The molecule has 0 spiro atoms. The molecule has 0 aromatic heterocycles. The van der Waals surface area contributed by atoms with Crippen LogP contribution in [0, 0.1) is 0 Å². The highest BCUT2D eigenvalue weighted by molar-refractivity contribution is 7.89. The summed E-state index contributed by atoms with van der Waals surface area (Å²) in [7, 11) is -0.802. The second kappa shape index (κ2) is 9.43. The maximum absolute atomic E-state index is 13.3. The first-order chi connectivity index (χ1) is 15.8. The fraction of sp³-hybridized carbons (Fsp3) is 0.208. The third kappa shape index (κ3) is 4.68. The molecule has 172 valence electrons. The molecule has 1 aliphatic rings. The predicted octanol–water partition coefficient (Wildman–Crippen LogP) is 4.36. The highest BCUT2D eigenvalue weighted by Crippen LogP contribution is 2.31. The standard InChI is InChI=1S/C24H23ClN2O5S/c1-31-22-10-7-18(13-23(22)32-2)26-24(28)20-14-19(8-9-21(20)25)33(29,30)27-12-11-16-5-3-4-6-17(16)15-27/h3-10,13-14H,11-12,15H2,1-2H3,(H,26,28). The molecule has 3 aromatic carbocycles. The Balaban J connectivity index is 1.59. The number of carbonyl (C=O) groups is 1. The number of hydrogen-bond acceptors (Lipinski definition) is 5. The highest BCUT2D eigenvalue weighted by Gasteiger charge is 2.29. The molecule has 0 fully saturated rings. The number of ether oxygens (including phenoxy) is 2. The zero-order valence-corrected chi connectivity index (χ0v) is 19.7. The smallest absolute Gasteiger partial charge is 0.257 e. The summed E-state index contributed by atoms with van der Waals surface area (Å²) < 4.78 is 38.5. The molecule has 1 amide bonds. The summed E-state index contributed by atoms with van der Waals surface area (Å²) in [4.78, 5) is 12.9. The normalized spacial score (nSPS) is 13.8. The van der Waals surface area contributed by atoms with Crippen molar-refractivity contribution in [2.24, 2.45) is 0 Å². The van der Waals surface area contributed by atoms with Crippen molar-refractivity contribution >= 4 is 33.2 Å². The number of nitrogens with one attached hydrogen (secondary N) is 1. The van der Waals surface area contributed by atoms with E-state index in [0.717, 1.165) is 11.1 Å². The molecule has 0 bridgehead atoms. The summed E-state index contributed by atoms with van der Waals surface area (Å²) in [5.74, 6) is 0.432. The highest BCUT2D eigenvalue weighted by atomic mass is 35.5. The van der Waals surface area contributed by atoms with Crippen molar-refractivity contribution in [3.05, 3.63) is 82.4 Å². The van der Waals surface area contributed by atoms with E-state index in [1.54, 1.807) is 18.2 Å². The number of benzene rings is 3. The van der Waals surface area contributed by atoms with Gasteiger partial charge in [-0.05, 0) is 47.9 Å². The Morgan fingerprint density at radius 1 is 0.970 bits per heavy atom. The minimum Gasteiger partial charge on any atom is -0.493 e. The third-order valence-electron chi connectivity index (χ3n) is 5.56. The molecular formula is C24H23ClN2O5S. The van der Waals surface area contributed by atoms with Gasteiger partial charge in [0.15, 0.2) is 11.5 Å². The zero-order valence-electron chi connectivity index (χ0n) is 18.2. The average molecular weight is 487 g/mol. The Kier molecular flexibility index (Phi) is 6.60. The maximum Gasteiger partial charge on any atom is 0.257 e. The molecule has 1 heterocycles. The topological polar surface area (TPSA) is 84.9 Å². The van der Waals surface area contributed by atoms with Gasteiger partial charge in [0, 0.05) is 24.8 Å². The molecule has 0 saturated carbocycles. The van der Waals surface area contributed by atoms with Gasteiger partial charge in [-0.15, -0.1) is 0 Å². The lowest BCUT2D eigenvalue weighted by Crippen LogP contribution is -2.36. The Hall–Kier alpha value is -3.07. The number of carbonyl (C=O) groups excluding carboxylic acids is 1. The van der Waals surface area contributed by atoms with Crippen molar-refractivity contribution in [2.45, 2.75) is 17.9 Å². The SMILES string of the molecule is COc1ccc(NC(=O)c2cc(S(=O)(=O)N3CCc4ccccc4C3)ccc2Cl)cc1OC. The van der Waals surface area contributed by atoms with E-state index in [1.165, 1.54) is 36.7 Å². The molecule has 0 aliphatic carbocycles. The quantitative estimate of drug-likeness (QED) is 0.559. The van der Waals surface area contributed by atoms with E-state index in [4.69, 9.17) is 21.1 Å². The maximum atomic E-state index is 13.3. The van der Waals surface area contributed by atoms with E-state index in [2.05, 4.69) is 5.32 Å². The number of anilines is 1. The molecule has 0 radical (unpaired) electrons. The van der Waals surface area contributed by atoms with Crippen LogP contribution >= 0.6 is 11.6 Å². The summed E-state index contributed by atoms with van der Waals surface area (Å²) in [5, 5.41) is 2.88. The lowest BCUT2D eigenvalue weighted by molar-refractivity contribution is 0.102. The number of sulfonamides is 1. The number of fused-ring (bicyclic) bond motifs is 1. The van der Waals surface area contributed by atoms with Crippen molar-refractivity contribution in [1.82, 2.24) is 4.31 Å². The van der Waals surface area contributed by atoms with Crippen molar-refractivity contribution in [2.75, 3.05) is 26.1 Å². The van der Waals surface area contributed by atoms with E-state index < -0.39 is 15.9 Å². The van der Waals surface area contributed by atoms with Gasteiger partial charge in [0.25, 0.3) is 5.91 Å². The van der Waals surface area contributed by atoms with Crippen LogP contribution in [-0.2, 0) is 23.0 Å². The zero-order chi connectivity index (χ0) is 23.6. The molecule has 9 heteroatoms. The Bertz CT molecular complexity index is 1310. The van der Waals surface area contributed by atoms with E-state index in [-0.39, 0.29) is 22.0 Å². The Morgan fingerprint density at radius 2 is 1.70 bits per heavy atom. The van der Waals surface area contributed by atoms with Crippen LogP contribution in [0.4, 0.5) is 5.69 Å². The summed E-state index contributed by atoms with van der Waals surface area (Å²) in [6.45, 7) is 0.656. The lowest BCUT2D eigenvalue weighted by Gasteiger charge is -2.28. The Morgan fingerprint density at radius 3 is 2.42 bits per heavy atom. The van der Waals surface area contributed by atoms with Crippen LogP contribution in [-0.4, -0.2) is 39.4 Å². The molecule has 1 N–H and O–H groups in total. The fourth-order valence-electron chi connectivity index (χ4n) is 3.78. The predicted molar refractivity (Wildman–Crippen MR) is 127 cm³/mol. The first-order valence-electron chi connectivity index (χ1n) is 10.2. The van der Waals surface area contributed by atoms with Gasteiger partial charge in [-0.1, -0.05) is 35.9 Å². The molecule has 4 rings (SSSR count). The molecule has 7 nitrogen and oxygen atoms in total. The lowest BCUT2D eigenvalue weighted by atomic mass is 10.0. The molecule has 0 unspecified atom stereocenters. The molecule has 1 aliphatic heterocycles. The van der Waals surface area contributed by atoms with Gasteiger partial charge in [0.1, 0.15) is 0 Å². The van der Waals surface area contributed by atoms with Crippen LogP contribution in [0.2, 0.25) is 5.02 Å². The van der Waals surface area contributed by atoms with Crippen LogP contribution in [0.25, 0.3) is 0 Å². The van der Waals surface area contributed by atoms with Gasteiger partial charge in [0.05, 0.1) is 29.7 Å². The van der Waals surface area contributed by atoms with Gasteiger partial charge >= 0.3 is 0 Å². The minimum atomic E-state index is -3.81. The molecular weight excluding hydrogens is 464 g/mol. The van der Waals surface area contributed by atoms with Crippen LogP contribution in [0.15, 0.2) is 65.6 Å². The first-order valence-corrected chi connectivity index (χ1v) is 12.0. The van der Waals surface area contributed by atoms with Crippen molar-refractivity contribution in [3.63, 3.8) is 0 Å². The van der Waals surface area contributed by atoms with E-state index in [9.17, 15) is 13.2 Å². The van der Waals surface area contributed by atoms with Crippen LogP contribution < -0.4 is 14.8 Å². The largest absolute Gasteiger partial charge is 0.493 e. The summed E-state index contributed by atoms with van der Waals surface area (Å²) in [5.41, 5.74) is 2.64. The summed E-state index contributed by atoms with van der Waals surface area (Å²) >= 11 is 6.25. The number of halogens is 1. The second-order valence-corrected chi connectivity index (χ2v) is 9.87. The van der Waals surface area contributed by atoms with Crippen molar-refractivity contribution in [3.8, 4) is 11.5 Å². The molecule has 3 aromatic rings. The second-order valence-electron chi connectivity index (χ2n) is 7.52. The summed E-state index contributed by atoms with van der Waals surface area (Å²) in [6.07, 6.45) is 0.635. The van der Waals surface area contributed by atoms with Gasteiger partial charge in [-0.2, -0.15) is 4.31 Å². The fourth-order valence-corrected chi connectivity index (χ4v) is 5.42. The number of hydrogen-bond donors (Lipinski definition) is 1. The minimum absolute atomic E-state index is 0.0174. The van der Waals surface area contributed by atoms with Crippen LogP contribution in [0.5, 0.6) is 11.5 Å². The number of nitrogens with zero attached hydrogens (tertiary/aromatic N) is 1. The van der Waals surface area contributed by atoms with E-state index >= 15 is 0 Å².